The van der Waals surface area contributed by atoms with Gasteiger partial charge in [0.2, 0.25) is 0 Å². The van der Waals surface area contributed by atoms with Gasteiger partial charge in [-0.3, -0.25) is 4.98 Å². The van der Waals surface area contributed by atoms with Gasteiger partial charge in [0.05, 0.1) is 12.5 Å². The lowest BCUT2D eigenvalue weighted by atomic mass is 10.1. The number of rotatable bonds is 2. The Morgan fingerprint density at radius 1 is 1.64 bits per heavy atom. The van der Waals surface area contributed by atoms with Crippen LogP contribution < -0.4 is 5.73 Å². The summed E-state index contributed by atoms with van der Waals surface area (Å²) in [6.45, 7) is 1.48. The molecular formula is C9H9F2N3. The van der Waals surface area contributed by atoms with Gasteiger partial charge in [-0.15, -0.1) is 0 Å². The second-order valence-electron chi connectivity index (χ2n) is 2.84. The topological polar surface area (TPSA) is 62.7 Å². The monoisotopic (exact) mass is 197 g/mol. The molecule has 0 fully saturated rings. The second kappa shape index (κ2) is 4.01. The smallest absolute Gasteiger partial charge is 0.280 e. The van der Waals surface area contributed by atoms with Crippen LogP contribution in [0.5, 0.6) is 0 Å². The average Bonchev–Trinajstić information content (AvgIpc) is 2.13. The fourth-order valence-corrected chi connectivity index (χ4v) is 1.14. The van der Waals surface area contributed by atoms with E-state index >= 15 is 0 Å². The summed E-state index contributed by atoms with van der Waals surface area (Å²) in [6, 6.07) is 1.89. The molecular weight excluding hydrogens is 188 g/mol. The van der Waals surface area contributed by atoms with Crippen LogP contribution in [0.3, 0.4) is 0 Å². The lowest BCUT2D eigenvalue weighted by Gasteiger charge is -2.09. The number of anilines is 1. The molecule has 0 saturated heterocycles. The summed E-state index contributed by atoms with van der Waals surface area (Å²) in [6.07, 6.45) is -1.32. The third-order valence-electron chi connectivity index (χ3n) is 1.97. The molecule has 74 valence electrons. The Morgan fingerprint density at radius 3 is 2.79 bits per heavy atom. The van der Waals surface area contributed by atoms with Crippen LogP contribution in [0, 0.1) is 18.3 Å². The maximum absolute atomic E-state index is 12.3. The summed E-state index contributed by atoms with van der Waals surface area (Å²) >= 11 is 0. The van der Waals surface area contributed by atoms with Crippen LogP contribution in [0.4, 0.5) is 14.5 Å². The number of nitrogens with zero attached hydrogens (tertiary/aromatic N) is 2. The maximum atomic E-state index is 12.3. The van der Waals surface area contributed by atoms with E-state index in [2.05, 4.69) is 4.98 Å². The van der Waals surface area contributed by atoms with E-state index in [1.54, 1.807) is 0 Å². The zero-order valence-corrected chi connectivity index (χ0v) is 7.59. The van der Waals surface area contributed by atoms with Crippen molar-refractivity contribution in [3.05, 3.63) is 23.0 Å². The molecule has 0 atom stereocenters. The van der Waals surface area contributed by atoms with Gasteiger partial charge in [-0.05, 0) is 12.5 Å². The molecule has 1 rings (SSSR count). The lowest BCUT2D eigenvalue weighted by Crippen LogP contribution is -2.03. The SMILES string of the molecule is Cc1c(C(F)F)ncc(CC#N)c1N. The number of hydrogen-bond acceptors (Lipinski definition) is 3. The molecule has 1 aromatic rings. The molecule has 0 saturated carbocycles. The number of nitriles is 1. The summed E-state index contributed by atoms with van der Waals surface area (Å²) in [5.41, 5.74) is 6.25. The third-order valence-corrected chi connectivity index (χ3v) is 1.97. The molecule has 5 heteroatoms. The van der Waals surface area contributed by atoms with Crippen LogP contribution >= 0.6 is 0 Å². The van der Waals surface area contributed by atoms with Gasteiger partial charge in [-0.25, -0.2) is 8.78 Å². The molecule has 2 N–H and O–H groups in total. The molecule has 0 aliphatic heterocycles. The zero-order chi connectivity index (χ0) is 10.7. The van der Waals surface area contributed by atoms with Gasteiger partial charge in [0.15, 0.2) is 0 Å². The Labute approximate surface area is 80.2 Å². The van der Waals surface area contributed by atoms with Crippen LogP contribution in [-0.4, -0.2) is 4.98 Å². The van der Waals surface area contributed by atoms with Gasteiger partial charge < -0.3 is 5.73 Å². The van der Waals surface area contributed by atoms with E-state index in [0.29, 0.717) is 5.56 Å². The molecule has 0 aromatic carbocycles. The predicted molar refractivity (Wildman–Crippen MR) is 47.7 cm³/mol. The normalized spacial score (nSPS) is 10.2. The molecule has 3 nitrogen and oxygen atoms in total. The quantitative estimate of drug-likeness (QED) is 0.788. The van der Waals surface area contributed by atoms with E-state index in [4.69, 9.17) is 11.0 Å². The number of nitrogens with two attached hydrogens (primary N) is 1. The van der Waals surface area contributed by atoms with Crippen molar-refractivity contribution < 1.29 is 8.78 Å². The van der Waals surface area contributed by atoms with Gasteiger partial charge in [0.25, 0.3) is 6.43 Å². The minimum atomic E-state index is -2.63. The Kier molecular flexibility index (Phi) is 2.97. The van der Waals surface area contributed by atoms with Gasteiger partial charge >= 0.3 is 0 Å². The Balaban J connectivity index is 3.20. The Morgan fingerprint density at radius 2 is 2.29 bits per heavy atom. The number of hydrogen-bond donors (Lipinski definition) is 1. The number of aromatic nitrogens is 1. The van der Waals surface area contributed by atoms with E-state index in [-0.39, 0.29) is 23.4 Å². The molecule has 0 radical (unpaired) electrons. The first-order valence-electron chi connectivity index (χ1n) is 3.96. The summed E-state index contributed by atoms with van der Waals surface area (Å²) in [5.74, 6) is 0. The van der Waals surface area contributed by atoms with Gasteiger partial charge in [-0.1, -0.05) is 0 Å². The molecule has 1 aromatic heterocycles. The van der Waals surface area contributed by atoms with Crippen molar-refractivity contribution in [1.82, 2.24) is 4.98 Å². The second-order valence-corrected chi connectivity index (χ2v) is 2.84. The van der Waals surface area contributed by atoms with E-state index < -0.39 is 6.43 Å². The molecule has 1 heterocycles. The highest BCUT2D eigenvalue weighted by Gasteiger charge is 2.15. The summed E-state index contributed by atoms with van der Waals surface area (Å²) in [5, 5.41) is 8.43. The Bertz CT molecular complexity index is 382. The molecule has 14 heavy (non-hydrogen) atoms. The van der Waals surface area contributed by atoms with Crippen LogP contribution in [0.25, 0.3) is 0 Å². The first kappa shape index (κ1) is 10.4. The minimum absolute atomic E-state index is 0.0865. The molecule has 0 unspecified atom stereocenters. The largest absolute Gasteiger partial charge is 0.398 e. The first-order valence-corrected chi connectivity index (χ1v) is 3.96. The van der Waals surface area contributed by atoms with Crippen molar-refractivity contribution in [2.45, 2.75) is 19.8 Å². The van der Waals surface area contributed by atoms with Crippen LogP contribution in [0.1, 0.15) is 23.2 Å². The average molecular weight is 197 g/mol. The van der Waals surface area contributed by atoms with Gasteiger partial charge in [0.1, 0.15) is 5.69 Å². The van der Waals surface area contributed by atoms with E-state index in [1.807, 2.05) is 6.07 Å². The summed E-state index contributed by atoms with van der Waals surface area (Å²) < 4.78 is 24.7. The van der Waals surface area contributed by atoms with E-state index in [0.717, 1.165) is 0 Å². The van der Waals surface area contributed by atoms with Crippen molar-refractivity contribution in [3.63, 3.8) is 0 Å². The standard InChI is InChI=1S/C9H9F2N3/c1-5-7(13)6(2-3-12)4-14-8(5)9(10)11/h4,9H,2H2,1H3,(H2,13,14). The van der Waals surface area contributed by atoms with Crippen LogP contribution in [0.2, 0.25) is 0 Å². The highest BCUT2D eigenvalue weighted by atomic mass is 19.3. The molecule has 0 aliphatic rings. The number of halogens is 2. The summed E-state index contributed by atoms with van der Waals surface area (Å²) in [4.78, 5) is 3.58. The fourth-order valence-electron chi connectivity index (χ4n) is 1.14. The van der Waals surface area contributed by atoms with Crippen molar-refractivity contribution >= 4 is 5.69 Å². The number of alkyl halides is 2. The fraction of sp³-hybridized carbons (Fsp3) is 0.333. The van der Waals surface area contributed by atoms with Crippen molar-refractivity contribution in [1.29, 1.82) is 5.26 Å². The van der Waals surface area contributed by atoms with Crippen molar-refractivity contribution in [3.8, 4) is 6.07 Å². The third kappa shape index (κ3) is 1.79. The van der Waals surface area contributed by atoms with Crippen molar-refractivity contribution in [2.75, 3.05) is 5.73 Å². The Hall–Kier alpha value is -1.70. The van der Waals surface area contributed by atoms with Crippen molar-refractivity contribution in [2.24, 2.45) is 0 Å². The number of nitrogen functional groups attached to an aromatic ring is 1. The maximum Gasteiger partial charge on any atom is 0.280 e. The van der Waals surface area contributed by atoms with Gasteiger partial charge in [0, 0.05) is 17.4 Å². The van der Waals surface area contributed by atoms with E-state index in [1.165, 1.54) is 13.1 Å². The molecule has 0 bridgehead atoms. The summed E-state index contributed by atoms with van der Waals surface area (Å²) in [7, 11) is 0. The van der Waals surface area contributed by atoms with Crippen LogP contribution in [-0.2, 0) is 6.42 Å². The van der Waals surface area contributed by atoms with Crippen LogP contribution in [0.15, 0.2) is 6.20 Å². The molecule has 0 spiro atoms. The number of pyridine rings is 1. The van der Waals surface area contributed by atoms with E-state index in [9.17, 15) is 8.78 Å². The molecule has 0 amide bonds. The molecule has 0 aliphatic carbocycles. The predicted octanol–water partition coefficient (Wildman–Crippen LogP) is 1.98. The lowest BCUT2D eigenvalue weighted by molar-refractivity contribution is 0.145. The van der Waals surface area contributed by atoms with Gasteiger partial charge in [-0.2, -0.15) is 5.26 Å². The highest BCUT2D eigenvalue weighted by molar-refractivity contribution is 5.54. The first-order chi connectivity index (χ1) is 6.57. The zero-order valence-electron chi connectivity index (χ0n) is 7.59. The minimum Gasteiger partial charge on any atom is -0.398 e. The highest BCUT2D eigenvalue weighted by Crippen LogP contribution is 2.26.